The number of aryl methyl sites for hydroxylation is 1. The van der Waals surface area contributed by atoms with E-state index in [0.717, 1.165) is 5.56 Å². The summed E-state index contributed by atoms with van der Waals surface area (Å²) in [5, 5.41) is 19.2. The number of sulfonamides is 1. The zero-order chi connectivity index (χ0) is 35.2. The largest absolute Gasteiger partial charge is 0.484 e. The van der Waals surface area contributed by atoms with Crippen LogP contribution >= 0.6 is 0 Å². The first-order chi connectivity index (χ1) is 23.2. The van der Waals surface area contributed by atoms with Gasteiger partial charge >= 0.3 is 11.7 Å². The van der Waals surface area contributed by atoms with Gasteiger partial charge in [0, 0.05) is 42.7 Å². The molecule has 3 aromatic heterocycles. The van der Waals surface area contributed by atoms with Gasteiger partial charge in [0.15, 0.2) is 0 Å². The molecule has 0 amide bonds. The summed E-state index contributed by atoms with van der Waals surface area (Å²) in [6.07, 6.45) is 5.56. The molecular weight excluding hydrogens is 665 g/mol. The van der Waals surface area contributed by atoms with Crippen molar-refractivity contribution < 1.29 is 36.2 Å². The summed E-state index contributed by atoms with van der Waals surface area (Å²) in [5.74, 6) is -4.92. The van der Waals surface area contributed by atoms with Crippen LogP contribution in [0.1, 0.15) is 37.5 Å². The molecule has 1 saturated heterocycles. The topological polar surface area (TPSA) is 170 Å². The Kier molecular flexibility index (Phi) is 8.98. The minimum atomic E-state index is -5.05. The average molecular weight is 699 g/mol. The molecule has 17 heteroatoms. The fourth-order valence-corrected chi connectivity index (χ4v) is 6.68. The molecule has 13 nitrogen and oxygen atoms in total. The zero-order valence-electron chi connectivity index (χ0n) is 26.6. The van der Waals surface area contributed by atoms with E-state index in [2.05, 4.69) is 10.1 Å². The number of likely N-dealkylation sites (tertiary alicyclic amines) is 1. The molecular formula is C32H33F3N8O5S. The lowest BCUT2D eigenvalue weighted by Crippen LogP contribution is -2.45. The first-order valence-corrected chi connectivity index (χ1v) is 16.7. The number of piperidine rings is 1. The van der Waals surface area contributed by atoms with E-state index in [-0.39, 0.29) is 23.3 Å². The van der Waals surface area contributed by atoms with Gasteiger partial charge in [-0.25, -0.2) is 17.8 Å². The summed E-state index contributed by atoms with van der Waals surface area (Å²) < 4.78 is 75.8. The number of nitrogen functional groups attached to an aromatic ring is 1. The Balaban J connectivity index is 1.39. The molecule has 258 valence electrons. The Morgan fingerprint density at radius 1 is 1.10 bits per heavy atom. The van der Waals surface area contributed by atoms with Crippen molar-refractivity contribution in [3.63, 3.8) is 0 Å². The first kappa shape index (κ1) is 33.7. The third-order valence-corrected chi connectivity index (χ3v) is 9.63. The van der Waals surface area contributed by atoms with Crippen LogP contribution in [0.5, 0.6) is 5.75 Å². The molecule has 0 bridgehead atoms. The molecule has 4 heterocycles. The molecule has 0 spiro atoms. The van der Waals surface area contributed by atoms with Crippen LogP contribution in [-0.4, -0.2) is 74.3 Å². The van der Waals surface area contributed by atoms with Crippen LogP contribution in [0.15, 0.2) is 61.1 Å². The van der Waals surface area contributed by atoms with E-state index >= 15 is 0 Å². The summed E-state index contributed by atoms with van der Waals surface area (Å²) >= 11 is 0. The average Bonchev–Trinajstić information content (AvgIpc) is 3.68. The van der Waals surface area contributed by atoms with Gasteiger partial charge in [-0.05, 0) is 56.6 Å². The molecule has 3 unspecified atom stereocenters. The maximum atomic E-state index is 13.5. The SMILES string of the molecule is CC(Oc1cc(-c2nn(C)c3c(-c4cnn(C5CCC(C(=O)O)N(C)C5)c4)cnc(N)c23)ccc1NS(=O)(=O)C(F)F)c1ccc(F)cc1. The lowest BCUT2D eigenvalue weighted by molar-refractivity contribution is -0.144. The van der Waals surface area contributed by atoms with Crippen molar-refractivity contribution in [2.45, 2.75) is 43.7 Å². The Morgan fingerprint density at radius 2 is 1.84 bits per heavy atom. The second kappa shape index (κ2) is 13.0. The van der Waals surface area contributed by atoms with Gasteiger partial charge < -0.3 is 15.6 Å². The van der Waals surface area contributed by atoms with Gasteiger partial charge in [-0.15, -0.1) is 0 Å². The van der Waals surface area contributed by atoms with Gasteiger partial charge in [0.05, 0.1) is 28.8 Å². The Labute approximate surface area is 279 Å². The summed E-state index contributed by atoms with van der Waals surface area (Å²) in [6, 6.07) is 9.13. The van der Waals surface area contributed by atoms with Gasteiger partial charge in [0.2, 0.25) is 0 Å². The summed E-state index contributed by atoms with van der Waals surface area (Å²) in [6.45, 7) is 2.16. The molecule has 3 atom stereocenters. The van der Waals surface area contributed by atoms with E-state index in [1.165, 1.54) is 42.5 Å². The van der Waals surface area contributed by atoms with E-state index in [0.29, 0.717) is 52.7 Å². The lowest BCUT2D eigenvalue weighted by Gasteiger charge is -2.34. The summed E-state index contributed by atoms with van der Waals surface area (Å²) in [4.78, 5) is 17.8. The van der Waals surface area contributed by atoms with Crippen molar-refractivity contribution in [1.29, 1.82) is 0 Å². The number of aliphatic carboxylic acids is 1. The number of nitrogens with one attached hydrogen (secondary N) is 1. The molecule has 0 radical (unpaired) electrons. The number of ether oxygens (including phenoxy) is 1. The van der Waals surface area contributed by atoms with Crippen molar-refractivity contribution in [2.24, 2.45) is 7.05 Å². The predicted molar refractivity (Wildman–Crippen MR) is 176 cm³/mol. The van der Waals surface area contributed by atoms with E-state index in [4.69, 9.17) is 15.6 Å². The van der Waals surface area contributed by atoms with Gasteiger partial charge in [-0.3, -0.25) is 23.8 Å². The Bertz CT molecular complexity index is 2140. The number of benzene rings is 2. The van der Waals surface area contributed by atoms with E-state index in [1.54, 1.807) is 43.0 Å². The highest BCUT2D eigenvalue weighted by Gasteiger charge is 2.32. The fourth-order valence-electron chi connectivity index (χ4n) is 6.12. The molecule has 1 aliphatic heterocycles. The molecule has 1 aliphatic rings. The van der Waals surface area contributed by atoms with Crippen LogP contribution in [0, 0.1) is 5.82 Å². The van der Waals surface area contributed by atoms with E-state index < -0.39 is 39.7 Å². The van der Waals surface area contributed by atoms with Crippen LogP contribution in [0.3, 0.4) is 0 Å². The number of carboxylic acid groups (broad SMARTS) is 1. The number of hydrogen-bond donors (Lipinski definition) is 3. The van der Waals surface area contributed by atoms with Crippen LogP contribution in [0.4, 0.5) is 24.7 Å². The van der Waals surface area contributed by atoms with Crippen molar-refractivity contribution >= 4 is 38.4 Å². The predicted octanol–water partition coefficient (Wildman–Crippen LogP) is 5.04. The van der Waals surface area contributed by atoms with Crippen LogP contribution in [0.2, 0.25) is 0 Å². The van der Waals surface area contributed by atoms with E-state index in [1.807, 2.05) is 15.6 Å². The van der Waals surface area contributed by atoms with Crippen molar-refractivity contribution in [1.82, 2.24) is 29.4 Å². The molecule has 49 heavy (non-hydrogen) atoms. The molecule has 1 fully saturated rings. The summed E-state index contributed by atoms with van der Waals surface area (Å²) in [5.41, 5.74) is 9.54. The molecule has 4 N–H and O–H groups in total. The number of rotatable bonds is 10. The number of pyridine rings is 1. The number of hydrogen-bond acceptors (Lipinski definition) is 9. The fraction of sp³-hybridized carbons (Fsp3) is 0.312. The smallest absolute Gasteiger partial charge is 0.355 e. The number of carbonyl (C=O) groups is 1. The minimum Gasteiger partial charge on any atom is -0.484 e. The monoisotopic (exact) mass is 698 g/mol. The summed E-state index contributed by atoms with van der Waals surface area (Å²) in [7, 11) is -1.55. The molecule has 0 saturated carbocycles. The van der Waals surface area contributed by atoms with Gasteiger partial charge in [0.25, 0.3) is 10.0 Å². The number of halogens is 3. The van der Waals surface area contributed by atoms with Crippen LogP contribution in [0.25, 0.3) is 33.3 Å². The number of anilines is 2. The number of nitrogens with two attached hydrogens (primary N) is 1. The van der Waals surface area contributed by atoms with Crippen molar-refractivity contribution in [3.05, 3.63) is 72.4 Å². The zero-order valence-corrected chi connectivity index (χ0v) is 27.4. The third-order valence-electron chi connectivity index (χ3n) is 8.65. The molecule has 2 aromatic carbocycles. The first-order valence-electron chi connectivity index (χ1n) is 15.2. The second-order valence-corrected chi connectivity index (χ2v) is 13.6. The highest BCUT2D eigenvalue weighted by Crippen LogP contribution is 2.40. The third kappa shape index (κ3) is 6.63. The number of aromatic nitrogens is 5. The maximum Gasteiger partial charge on any atom is 0.355 e. The standard InChI is InChI=1S/C32H33F3N8O5S/c1-17(18-4-7-21(33)8-5-18)48-26-12-19(6-10-24(26)40-49(46,47)32(34)35)28-27-29(42(3)39-28)23(14-37-30(27)36)20-13-38-43(15-20)22-9-11-25(31(44)45)41(2)16-22/h4-8,10,12-15,17,22,25,32,40H,9,11,16H2,1-3H3,(H2,36,37)(H,44,45). The van der Waals surface area contributed by atoms with Crippen LogP contribution < -0.4 is 15.2 Å². The molecule has 0 aliphatic carbocycles. The number of likely N-dealkylation sites (N-methyl/N-ethyl adjacent to an activating group) is 1. The highest BCUT2D eigenvalue weighted by molar-refractivity contribution is 7.93. The lowest BCUT2D eigenvalue weighted by atomic mass is 9.99. The second-order valence-electron chi connectivity index (χ2n) is 11.9. The molecule has 5 aromatic rings. The van der Waals surface area contributed by atoms with E-state index in [9.17, 15) is 31.5 Å². The highest BCUT2D eigenvalue weighted by atomic mass is 32.2. The normalized spacial score (nSPS) is 17.8. The number of carboxylic acids is 1. The number of fused-ring (bicyclic) bond motifs is 1. The molecule has 6 rings (SSSR count). The van der Waals surface area contributed by atoms with Gasteiger partial charge in [0.1, 0.15) is 35.2 Å². The quantitative estimate of drug-likeness (QED) is 0.180. The number of alkyl halides is 2. The van der Waals surface area contributed by atoms with Gasteiger partial charge in [-0.1, -0.05) is 18.2 Å². The van der Waals surface area contributed by atoms with Crippen molar-refractivity contribution in [3.8, 4) is 28.1 Å². The van der Waals surface area contributed by atoms with Crippen molar-refractivity contribution in [2.75, 3.05) is 24.0 Å². The minimum absolute atomic E-state index is 0.0367. The Morgan fingerprint density at radius 3 is 2.51 bits per heavy atom. The van der Waals surface area contributed by atoms with Crippen LogP contribution in [-0.2, 0) is 21.9 Å². The number of nitrogens with zero attached hydrogens (tertiary/aromatic N) is 6. The Hall–Kier alpha value is -5.16. The van der Waals surface area contributed by atoms with Gasteiger partial charge in [-0.2, -0.15) is 19.0 Å². The maximum absolute atomic E-state index is 13.5.